The van der Waals surface area contributed by atoms with Crippen LogP contribution in [-0.4, -0.2) is 16.6 Å². The fraction of sp³-hybridized carbons (Fsp3) is 0.364. The van der Waals surface area contributed by atoms with Crippen molar-refractivity contribution >= 4 is 11.3 Å². The zero-order valence-corrected chi connectivity index (χ0v) is 9.30. The number of imidazole rings is 1. The summed E-state index contributed by atoms with van der Waals surface area (Å²) in [7, 11) is 0. The SMILES string of the molecule is Cc1ncc(C2OCCc3sccc32)[nH]1. The molecule has 0 fully saturated rings. The predicted molar refractivity (Wildman–Crippen MR) is 59.1 cm³/mol. The second-order valence-electron chi connectivity index (χ2n) is 3.72. The van der Waals surface area contributed by atoms with Crippen molar-refractivity contribution in [1.29, 1.82) is 0 Å². The van der Waals surface area contributed by atoms with E-state index >= 15 is 0 Å². The zero-order valence-electron chi connectivity index (χ0n) is 8.49. The monoisotopic (exact) mass is 220 g/mol. The Bertz CT molecular complexity index is 474. The molecule has 1 aliphatic heterocycles. The molecular weight excluding hydrogens is 208 g/mol. The standard InChI is InChI=1S/C11H12N2OS/c1-7-12-6-9(13-7)11-8-3-5-15-10(8)2-4-14-11/h3,5-6,11H,2,4H2,1H3,(H,12,13). The third kappa shape index (κ3) is 1.50. The van der Waals surface area contributed by atoms with Crippen LogP contribution in [0.1, 0.15) is 28.1 Å². The molecule has 3 nitrogen and oxygen atoms in total. The van der Waals surface area contributed by atoms with Gasteiger partial charge in [-0.05, 0) is 18.4 Å². The summed E-state index contributed by atoms with van der Waals surface area (Å²) in [5.41, 5.74) is 2.36. The van der Waals surface area contributed by atoms with Gasteiger partial charge in [-0.3, -0.25) is 0 Å². The van der Waals surface area contributed by atoms with Gasteiger partial charge in [0.2, 0.25) is 0 Å². The first-order valence-corrected chi connectivity index (χ1v) is 5.92. The topological polar surface area (TPSA) is 37.9 Å². The highest BCUT2D eigenvalue weighted by Crippen LogP contribution is 2.34. The number of H-pyrrole nitrogens is 1. The Morgan fingerprint density at radius 2 is 2.53 bits per heavy atom. The summed E-state index contributed by atoms with van der Waals surface area (Å²) in [5, 5.41) is 2.13. The van der Waals surface area contributed by atoms with Crippen molar-refractivity contribution < 1.29 is 4.74 Å². The van der Waals surface area contributed by atoms with Crippen molar-refractivity contribution in [3.8, 4) is 0 Å². The van der Waals surface area contributed by atoms with Crippen molar-refractivity contribution in [2.24, 2.45) is 0 Å². The Morgan fingerprint density at radius 3 is 3.33 bits per heavy atom. The van der Waals surface area contributed by atoms with Gasteiger partial charge in [-0.1, -0.05) is 0 Å². The Labute approximate surface area is 92.1 Å². The van der Waals surface area contributed by atoms with Gasteiger partial charge >= 0.3 is 0 Å². The van der Waals surface area contributed by atoms with Crippen LogP contribution in [-0.2, 0) is 11.2 Å². The fourth-order valence-electron chi connectivity index (χ4n) is 1.98. The average Bonchev–Trinajstić information content (AvgIpc) is 2.84. The van der Waals surface area contributed by atoms with Crippen molar-refractivity contribution in [1.82, 2.24) is 9.97 Å². The van der Waals surface area contributed by atoms with E-state index in [1.807, 2.05) is 24.5 Å². The molecule has 0 aromatic carbocycles. The van der Waals surface area contributed by atoms with Gasteiger partial charge in [0.25, 0.3) is 0 Å². The summed E-state index contributed by atoms with van der Waals surface area (Å²) in [6.07, 6.45) is 2.96. The summed E-state index contributed by atoms with van der Waals surface area (Å²) in [4.78, 5) is 8.90. The molecular formula is C11H12N2OS. The van der Waals surface area contributed by atoms with Gasteiger partial charge in [0.15, 0.2) is 0 Å². The number of hydrogen-bond acceptors (Lipinski definition) is 3. The van der Waals surface area contributed by atoms with E-state index in [-0.39, 0.29) is 6.10 Å². The normalized spacial score (nSPS) is 20.2. The number of thiophene rings is 1. The van der Waals surface area contributed by atoms with Crippen LogP contribution in [0.4, 0.5) is 0 Å². The number of aromatic nitrogens is 2. The lowest BCUT2D eigenvalue weighted by Gasteiger charge is -2.22. The van der Waals surface area contributed by atoms with Gasteiger partial charge in [0, 0.05) is 16.9 Å². The minimum atomic E-state index is 0.0567. The van der Waals surface area contributed by atoms with E-state index in [4.69, 9.17) is 4.74 Å². The molecule has 78 valence electrons. The smallest absolute Gasteiger partial charge is 0.125 e. The van der Waals surface area contributed by atoms with E-state index in [0.29, 0.717) is 0 Å². The minimum absolute atomic E-state index is 0.0567. The Balaban J connectivity index is 2.02. The Hall–Kier alpha value is -1.13. The molecule has 2 aromatic rings. The van der Waals surface area contributed by atoms with Crippen LogP contribution in [0.15, 0.2) is 17.6 Å². The molecule has 0 saturated carbocycles. The maximum atomic E-state index is 5.80. The molecule has 0 radical (unpaired) electrons. The van der Waals surface area contributed by atoms with Crippen molar-refractivity contribution in [3.63, 3.8) is 0 Å². The van der Waals surface area contributed by atoms with Gasteiger partial charge in [0.1, 0.15) is 11.9 Å². The number of hydrogen-bond donors (Lipinski definition) is 1. The number of rotatable bonds is 1. The molecule has 3 rings (SSSR count). The van der Waals surface area contributed by atoms with Gasteiger partial charge in [0.05, 0.1) is 18.5 Å². The molecule has 1 aliphatic rings. The predicted octanol–water partition coefficient (Wildman–Crippen LogP) is 2.44. The van der Waals surface area contributed by atoms with Crippen LogP contribution in [0.2, 0.25) is 0 Å². The molecule has 3 heterocycles. The Morgan fingerprint density at radius 1 is 1.60 bits per heavy atom. The number of fused-ring (bicyclic) bond motifs is 1. The first-order chi connectivity index (χ1) is 7.34. The first-order valence-electron chi connectivity index (χ1n) is 5.04. The lowest BCUT2D eigenvalue weighted by Crippen LogP contribution is -2.15. The van der Waals surface area contributed by atoms with Crippen LogP contribution < -0.4 is 0 Å². The summed E-state index contributed by atoms with van der Waals surface area (Å²) >= 11 is 1.82. The van der Waals surface area contributed by atoms with Gasteiger partial charge in [-0.2, -0.15) is 0 Å². The summed E-state index contributed by atoms with van der Waals surface area (Å²) in [5.74, 6) is 0.941. The van der Waals surface area contributed by atoms with Crippen LogP contribution in [0, 0.1) is 6.92 Å². The molecule has 0 aliphatic carbocycles. The van der Waals surface area contributed by atoms with E-state index in [0.717, 1.165) is 24.5 Å². The molecule has 0 amide bonds. The van der Waals surface area contributed by atoms with E-state index < -0.39 is 0 Å². The largest absolute Gasteiger partial charge is 0.367 e. The van der Waals surface area contributed by atoms with Crippen LogP contribution >= 0.6 is 11.3 Å². The molecule has 1 unspecified atom stereocenters. The lowest BCUT2D eigenvalue weighted by molar-refractivity contribution is 0.0686. The van der Waals surface area contributed by atoms with Gasteiger partial charge in [-0.25, -0.2) is 4.98 Å². The first kappa shape index (κ1) is 9.12. The number of nitrogens with one attached hydrogen (secondary N) is 1. The fourth-order valence-corrected chi connectivity index (χ4v) is 2.87. The lowest BCUT2D eigenvalue weighted by atomic mass is 10.0. The maximum Gasteiger partial charge on any atom is 0.125 e. The highest BCUT2D eigenvalue weighted by molar-refractivity contribution is 7.10. The second kappa shape index (κ2) is 3.47. The third-order valence-corrected chi connectivity index (χ3v) is 3.68. The highest BCUT2D eigenvalue weighted by atomic mass is 32.1. The molecule has 1 N–H and O–H groups in total. The molecule has 0 spiro atoms. The van der Waals surface area contributed by atoms with E-state index in [1.165, 1.54) is 10.4 Å². The molecule has 15 heavy (non-hydrogen) atoms. The quantitative estimate of drug-likeness (QED) is 0.801. The van der Waals surface area contributed by atoms with Crippen LogP contribution in [0.25, 0.3) is 0 Å². The highest BCUT2D eigenvalue weighted by Gasteiger charge is 2.24. The number of ether oxygens (including phenoxy) is 1. The molecule has 0 bridgehead atoms. The van der Waals surface area contributed by atoms with Crippen molar-refractivity contribution in [3.05, 3.63) is 39.6 Å². The second-order valence-corrected chi connectivity index (χ2v) is 4.72. The average molecular weight is 220 g/mol. The van der Waals surface area contributed by atoms with Crippen LogP contribution in [0.5, 0.6) is 0 Å². The van der Waals surface area contributed by atoms with Crippen molar-refractivity contribution in [2.75, 3.05) is 6.61 Å². The summed E-state index contributed by atoms with van der Waals surface area (Å²) in [6.45, 7) is 2.76. The van der Waals surface area contributed by atoms with Crippen LogP contribution in [0.3, 0.4) is 0 Å². The molecule has 1 atom stereocenters. The molecule has 0 saturated heterocycles. The Kier molecular flexibility index (Phi) is 2.11. The van der Waals surface area contributed by atoms with Crippen molar-refractivity contribution in [2.45, 2.75) is 19.4 Å². The molecule has 2 aromatic heterocycles. The third-order valence-electron chi connectivity index (χ3n) is 2.68. The number of nitrogens with zero attached hydrogens (tertiary/aromatic N) is 1. The maximum absolute atomic E-state index is 5.80. The summed E-state index contributed by atoms with van der Waals surface area (Å²) < 4.78 is 5.80. The zero-order chi connectivity index (χ0) is 10.3. The van der Waals surface area contributed by atoms with Gasteiger partial charge < -0.3 is 9.72 Å². The number of aryl methyl sites for hydroxylation is 1. The van der Waals surface area contributed by atoms with E-state index in [2.05, 4.69) is 21.4 Å². The van der Waals surface area contributed by atoms with Gasteiger partial charge in [-0.15, -0.1) is 11.3 Å². The minimum Gasteiger partial charge on any atom is -0.367 e. The summed E-state index contributed by atoms with van der Waals surface area (Å²) in [6, 6.07) is 2.15. The molecule has 4 heteroatoms. The van der Waals surface area contributed by atoms with E-state index in [1.54, 1.807) is 0 Å². The van der Waals surface area contributed by atoms with E-state index in [9.17, 15) is 0 Å². The number of aromatic amines is 1.